The first-order chi connectivity index (χ1) is 5.27. The number of carbonyl (C=O) groups is 1. The molecule has 0 radical (unpaired) electrons. The molecule has 0 aromatic rings. The van der Waals surface area contributed by atoms with E-state index in [-0.39, 0.29) is 12.3 Å². The van der Waals surface area contributed by atoms with Gasteiger partial charge in [-0.2, -0.15) is 0 Å². The maximum absolute atomic E-state index is 10.2. The Morgan fingerprint density at radius 1 is 1.45 bits per heavy atom. The van der Waals surface area contributed by atoms with E-state index in [0.29, 0.717) is 19.8 Å². The molecule has 0 heterocycles. The van der Waals surface area contributed by atoms with Crippen LogP contribution in [0.25, 0.3) is 0 Å². The first kappa shape index (κ1) is 9.95. The van der Waals surface area contributed by atoms with E-state index in [1.54, 1.807) is 0 Å². The molecule has 62 valence electrons. The van der Waals surface area contributed by atoms with Crippen LogP contribution in [0.4, 0.5) is 0 Å². The minimum Gasteiger partial charge on any atom is -0.370 e. The van der Waals surface area contributed by atoms with Crippen LogP contribution in [0.1, 0.15) is 6.42 Å². The lowest BCUT2D eigenvalue weighted by molar-refractivity contribution is -0.118. The zero-order chi connectivity index (χ0) is 8.53. The van der Waals surface area contributed by atoms with Gasteiger partial charge in [-0.05, 0) is 0 Å². The van der Waals surface area contributed by atoms with E-state index in [1.165, 1.54) is 0 Å². The minimum atomic E-state index is -0.364. The molecule has 0 aromatic heterocycles. The smallest absolute Gasteiger partial charge is 0.219 e. The standard InChI is InChI=1S/C7H12N2O2/c8-4-1-2-5-11-6-3-7(9)10/h3-6,8H2,(H2,9,10). The molecule has 0 saturated heterocycles. The van der Waals surface area contributed by atoms with Crippen LogP contribution in [0, 0.1) is 11.8 Å². The Balaban J connectivity index is 3.08. The predicted octanol–water partition coefficient (Wildman–Crippen LogP) is -1.16. The predicted molar refractivity (Wildman–Crippen MR) is 41.5 cm³/mol. The van der Waals surface area contributed by atoms with Crippen molar-refractivity contribution in [3.8, 4) is 11.8 Å². The monoisotopic (exact) mass is 156 g/mol. The van der Waals surface area contributed by atoms with Crippen molar-refractivity contribution >= 4 is 5.91 Å². The van der Waals surface area contributed by atoms with Gasteiger partial charge in [-0.1, -0.05) is 11.8 Å². The van der Waals surface area contributed by atoms with E-state index in [4.69, 9.17) is 16.2 Å². The molecule has 0 aliphatic heterocycles. The van der Waals surface area contributed by atoms with Gasteiger partial charge in [-0.3, -0.25) is 4.79 Å². The average molecular weight is 156 g/mol. The number of carbonyl (C=O) groups excluding carboxylic acids is 1. The first-order valence-electron chi connectivity index (χ1n) is 3.29. The summed E-state index contributed by atoms with van der Waals surface area (Å²) in [5, 5.41) is 0. The lowest BCUT2D eigenvalue weighted by Gasteiger charge is -1.94. The van der Waals surface area contributed by atoms with Gasteiger partial charge in [0.1, 0.15) is 6.61 Å². The molecule has 0 aromatic carbocycles. The van der Waals surface area contributed by atoms with Gasteiger partial charge in [0.25, 0.3) is 0 Å². The summed E-state index contributed by atoms with van der Waals surface area (Å²) in [6.07, 6.45) is 0.240. The molecule has 4 heteroatoms. The van der Waals surface area contributed by atoms with Crippen LogP contribution in [-0.2, 0) is 9.53 Å². The van der Waals surface area contributed by atoms with Crippen LogP contribution in [0.3, 0.4) is 0 Å². The average Bonchev–Trinajstić information content (AvgIpc) is 1.96. The molecular formula is C7H12N2O2. The summed E-state index contributed by atoms with van der Waals surface area (Å²) in [7, 11) is 0. The number of rotatable bonds is 4. The maximum Gasteiger partial charge on any atom is 0.219 e. The van der Waals surface area contributed by atoms with Crippen LogP contribution < -0.4 is 11.5 Å². The molecule has 0 spiro atoms. The Morgan fingerprint density at radius 2 is 2.18 bits per heavy atom. The van der Waals surface area contributed by atoms with E-state index in [1.807, 2.05) is 0 Å². The third kappa shape index (κ3) is 8.95. The summed E-state index contributed by atoms with van der Waals surface area (Å²) in [4.78, 5) is 10.2. The fourth-order valence-corrected chi connectivity index (χ4v) is 0.419. The zero-order valence-electron chi connectivity index (χ0n) is 6.30. The van der Waals surface area contributed by atoms with Crippen molar-refractivity contribution in [3.05, 3.63) is 0 Å². The molecule has 0 saturated carbocycles. The first-order valence-corrected chi connectivity index (χ1v) is 3.29. The fourth-order valence-electron chi connectivity index (χ4n) is 0.419. The molecule has 0 aliphatic carbocycles. The van der Waals surface area contributed by atoms with Crippen LogP contribution in [0.15, 0.2) is 0 Å². The lowest BCUT2D eigenvalue weighted by atomic mass is 10.4. The highest BCUT2D eigenvalue weighted by Crippen LogP contribution is 1.78. The third-order valence-corrected chi connectivity index (χ3v) is 0.894. The summed E-state index contributed by atoms with van der Waals surface area (Å²) >= 11 is 0. The Hall–Kier alpha value is -1.05. The molecule has 0 fully saturated rings. The second-order valence-electron chi connectivity index (χ2n) is 1.83. The van der Waals surface area contributed by atoms with E-state index in [0.717, 1.165) is 0 Å². The van der Waals surface area contributed by atoms with Crippen LogP contribution in [0.5, 0.6) is 0 Å². The van der Waals surface area contributed by atoms with Gasteiger partial charge in [0.05, 0.1) is 13.2 Å². The van der Waals surface area contributed by atoms with E-state index >= 15 is 0 Å². The van der Waals surface area contributed by atoms with Gasteiger partial charge in [0.15, 0.2) is 0 Å². The number of primary amides is 1. The summed E-state index contributed by atoms with van der Waals surface area (Å²) in [6, 6.07) is 0. The van der Waals surface area contributed by atoms with Crippen molar-refractivity contribution < 1.29 is 9.53 Å². The lowest BCUT2D eigenvalue weighted by Crippen LogP contribution is -2.13. The van der Waals surface area contributed by atoms with Crippen LogP contribution in [-0.4, -0.2) is 25.7 Å². The summed E-state index contributed by atoms with van der Waals surface area (Å²) in [5.74, 6) is 4.92. The number of ether oxygens (including phenoxy) is 1. The zero-order valence-corrected chi connectivity index (χ0v) is 6.30. The molecule has 0 atom stereocenters. The Bertz CT molecular complexity index is 169. The maximum atomic E-state index is 10.2. The van der Waals surface area contributed by atoms with Crippen molar-refractivity contribution in [1.29, 1.82) is 0 Å². The molecule has 0 rings (SSSR count). The Labute approximate surface area is 65.9 Å². The second-order valence-corrected chi connectivity index (χ2v) is 1.83. The molecule has 4 nitrogen and oxygen atoms in total. The van der Waals surface area contributed by atoms with Crippen molar-refractivity contribution in [2.45, 2.75) is 6.42 Å². The summed E-state index contributed by atoms with van der Waals surface area (Å²) in [6.45, 7) is 0.970. The summed E-state index contributed by atoms with van der Waals surface area (Å²) in [5.41, 5.74) is 9.95. The van der Waals surface area contributed by atoms with Gasteiger partial charge < -0.3 is 16.2 Å². The van der Waals surface area contributed by atoms with Crippen molar-refractivity contribution in [2.24, 2.45) is 11.5 Å². The van der Waals surface area contributed by atoms with Gasteiger partial charge in [-0.15, -0.1) is 0 Å². The van der Waals surface area contributed by atoms with Crippen LogP contribution in [0.2, 0.25) is 0 Å². The van der Waals surface area contributed by atoms with Crippen molar-refractivity contribution in [3.63, 3.8) is 0 Å². The summed E-state index contributed by atoms with van der Waals surface area (Å²) < 4.78 is 4.92. The molecule has 0 aliphatic rings. The molecule has 0 bridgehead atoms. The Morgan fingerprint density at radius 3 is 2.73 bits per heavy atom. The highest BCUT2D eigenvalue weighted by atomic mass is 16.5. The molecule has 4 N–H and O–H groups in total. The van der Waals surface area contributed by atoms with Crippen molar-refractivity contribution in [2.75, 3.05) is 19.8 Å². The number of hydrogen-bond donors (Lipinski definition) is 2. The minimum absolute atomic E-state index is 0.240. The number of hydrogen-bond acceptors (Lipinski definition) is 3. The SMILES string of the molecule is NCC#CCOCCC(N)=O. The van der Waals surface area contributed by atoms with Gasteiger partial charge in [-0.25, -0.2) is 0 Å². The topological polar surface area (TPSA) is 78.3 Å². The number of amides is 1. The van der Waals surface area contributed by atoms with Gasteiger partial charge in [0.2, 0.25) is 5.91 Å². The fraction of sp³-hybridized carbons (Fsp3) is 0.571. The van der Waals surface area contributed by atoms with Gasteiger partial charge in [0, 0.05) is 6.42 Å². The quantitative estimate of drug-likeness (QED) is 0.398. The third-order valence-electron chi connectivity index (χ3n) is 0.894. The molecule has 0 unspecified atom stereocenters. The highest BCUT2D eigenvalue weighted by Gasteiger charge is 1.91. The highest BCUT2D eigenvalue weighted by molar-refractivity contribution is 5.73. The molecule has 11 heavy (non-hydrogen) atoms. The molecule has 1 amide bonds. The van der Waals surface area contributed by atoms with Crippen molar-refractivity contribution in [1.82, 2.24) is 0 Å². The number of nitrogens with two attached hydrogens (primary N) is 2. The van der Waals surface area contributed by atoms with E-state index in [2.05, 4.69) is 11.8 Å². The largest absolute Gasteiger partial charge is 0.370 e. The molecular weight excluding hydrogens is 144 g/mol. The second kappa shape index (κ2) is 7.06. The van der Waals surface area contributed by atoms with Gasteiger partial charge >= 0.3 is 0 Å². The Kier molecular flexibility index (Phi) is 6.39. The van der Waals surface area contributed by atoms with Crippen LogP contribution >= 0.6 is 0 Å². The van der Waals surface area contributed by atoms with E-state index in [9.17, 15) is 4.79 Å². The normalized spacial score (nSPS) is 8.45. The van der Waals surface area contributed by atoms with E-state index < -0.39 is 0 Å².